The van der Waals surface area contributed by atoms with E-state index in [4.69, 9.17) is 10.5 Å². The molecule has 0 radical (unpaired) electrons. The SMILES string of the molecule is COc1ccc(NC(=O)CN(CCN)CCc2ccccc2)cc1.Cl. The van der Waals surface area contributed by atoms with Gasteiger partial charge in [-0.3, -0.25) is 9.69 Å². The summed E-state index contributed by atoms with van der Waals surface area (Å²) in [6, 6.07) is 17.5. The number of nitrogens with zero attached hydrogens (tertiary/aromatic N) is 1. The summed E-state index contributed by atoms with van der Waals surface area (Å²) >= 11 is 0. The van der Waals surface area contributed by atoms with Gasteiger partial charge in [-0.2, -0.15) is 0 Å². The smallest absolute Gasteiger partial charge is 0.238 e. The van der Waals surface area contributed by atoms with Gasteiger partial charge >= 0.3 is 0 Å². The number of ether oxygens (including phenoxy) is 1. The number of anilines is 1. The third-order valence-corrected chi connectivity index (χ3v) is 3.75. The number of benzene rings is 2. The van der Waals surface area contributed by atoms with Crippen LogP contribution in [0.4, 0.5) is 5.69 Å². The van der Waals surface area contributed by atoms with Crippen LogP contribution in [0.5, 0.6) is 5.75 Å². The molecule has 0 bridgehead atoms. The summed E-state index contributed by atoms with van der Waals surface area (Å²) in [5.74, 6) is 0.724. The molecule has 0 aliphatic heterocycles. The van der Waals surface area contributed by atoms with E-state index < -0.39 is 0 Å². The zero-order valence-corrected chi connectivity index (χ0v) is 15.3. The van der Waals surface area contributed by atoms with Gasteiger partial charge in [-0.25, -0.2) is 0 Å². The molecule has 1 amide bonds. The zero-order valence-electron chi connectivity index (χ0n) is 14.5. The minimum atomic E-state index is -0.0401. The molecule has 0 fully saturated rings. The quantitative estimate of drug-likeness (QED) is 0.718. The molecule has 0 aromatic heterocycles. The van der Waals surface area contributed by atoms with Crippen LogP contribution in [0, 0.1) is 0 Å². The number of rotatable bonds is 9. The molecule has 0 saturated carbocycles. The number of halogens is 1. The Bertz CT molecular complexity index is 620. The average Bonchev–Trinajstić information content (AvgIpc) is 2.61. The van der Waals surface area contributed by atoms with Crippen LogP contribution in [-0.2, 0) is 11.2 Å². The molecule has 0 aliphatic rings. The monoisotopic (exact) mass is 363 g/mol. The summed E-state index contributed by atoms with van der Waals surface area (Å²) in [6.45, 7) is 2.36. The van der Waals surface area contributed by atoms with Crippen molar-refractivity contribution in [3.05, 3.63) is 60.2 Å². The third kappa shape index (κ3) is 7.56. The lowest BCUT2D eigenvalue weighted by Crippen LogP contribution is -2.37. The van der Waals surface area contributed by atoms with Crippen LogP contribution in [0.3, 0.4) is 0 Å². The van der Waals surface area contributed by atoms with Crippen molar-refractivity contribution in [1.29, 1.82) is 0 Å². The molecule has 0 spiro atoms. The van der Waals surface area contributed by atoms with E-state index in [1.54, 1.807) is 7.11 Å². The summed E-state index contributed by atoms with van der Waals surface area (Å²) in [4.78, 5) is 14.3. The zero-order chi connectivity index (χ0) is 17.2. The highest BCUT2D eigenvalue weighted by Gasteiger charge is 2.10. The van der Waals surface area contributed by atoms with Gasteiger partial charge in [-0.15, -0.1) is 12.4 Å². The average molecular weight is 364 g/mol. The molecular formula is C19H26ClN3O2. The fourth-order valence-electron chi connectivity index (χ4n) is 2.46. The van der Waals surface area contributed by atoms with Crippen LogP contribution in [0.25, 0.3) is 0 Å². The highest BCUT2D eigenvalue weighted by atomic mass is 35.5. The van der Waals surface area contributed by atoms with E-state index in [2.05, 4.69) is 22.3 Å². The highest BCUT2D eigenvalue weighted by molar-refractivity contribution is 5.92. The number of carbonyl (C=O) groups is 1. The molecule has 6 heteroatoms. The lowest BCUT2D eigenvalue weighted by atomic mass is 10.1. The van der Waals surface area contributed by atoms with Crippen molar-refractivity contribution in [3.8, 4) is 5.75 Å². The minimum Gasteiger partial charge on any atom is -0.497 e. The number of nitrogens with two attached hydrogens (primary N) is 1. The van der Waals surface area contributed by atoms with Gasteiger partial charge in [0.2, 0.25) is 5.91 Å². The fourth-order valence-corrected chi connectivity index (χ4v) is 2.46. The number of methoxy groups -OCH3 is 1. The molecule has 2 rings (SSSR count). The van der Waals surface area contributed by atoms with E-state index in [0.29, 0.717) is 19.6 Å². The van der Waals surface area contributed by atoms with Gasteiger partial charge in [0.1, 0.15) is 5.75 Å². The Morgan fingerprint density at radius 1 is 1.08 bits per heavy atom. The molecule has 2 aromatic rings. The topological polar surface area (TPSA) is 67.6 Å². The van der Waals surface area contributed by atoms with Crippen LogP contribution in [0.1, 0.15) is 5.56 Å². The highest BCUT2D eigenvalue weighted by Crippen LogP contribution is 2.14. The molecule has 0 atom stereocenters. The molecule has 136 valence electrons. The second-order valence-corrected chi connectivity index (χ2v) is 5.58. The van der Waals surface area contributed by atoms with E-state index in [9.17, 15) is 4.79 Å². The van der Waals surface area contributed by atoms with Gasteiger partial charge in [0, 0.05) is 25.3 Å². The maximum atomic E-state index is 12.2. The first-order valence-corrected chi connectivity index (χ1v) is 8.11. The molecular weight excluding hydrogens is 338 g/mol. The fraction of sp³-hybridized carbons (Fsp3) is 0.316. The first kappa shape index (κ1) is 21.0. The molecule has 0 saturated heterocycles. The Morgan fingerprint density at radius 3 is 2.36 bits per heavy atom. The first-order valence-electron chi connectivity index (χ1n) is 8.11. The van der Waals surface area contributed by atoms with Crippen molar-refractivity contribution in [2.75, 3.05) is 38.6 Å². The van der Waals surface area contributed by atoms with Gasteiger partial charge in [-0.05, 0) is 36.2 Å². The number of hydrogen-bond donors (Lipinski definition) is 2. The molecule has 0 heterocycles. The van der Waals surface area contributed by atoms with Crippen LogP contribution in [0.2, 0.25) is 0 Å². The van der Waals surface area contributed by atoms with Crippen molar-refractivity contribution >= 4 is 24.0 Å². The van der Waals surface area contributed by atoms with Gasteiger partial charge in [0.15, 0.2) is 0 Å². The predicted octanol–water partition coefficient (Wildman–Crippen LogP) is 2.56. The van der Waals surface area contributed by atoms with Crippen LogP contribution in [0.15, 0.2) is 54.6 Å². The van der Waals surface area contributed by atoms with Crippen LogP contribution < -0.4 is 15.8 Å². The standard InChI is InChI=1S/C19H25N3O2.ClH/c1-24-18-9-7-17(8-10-18)21-19(23)15-22(14-12-20)13-11-16-5-3-2-4-6-16;/h2-10H,11-15,20H2,1H3,(H,21,23);1H. The lowest BCUT2D eigenvalue weighted by Gasteiger charge is -2.21. The summed E-state index contributed by atoms with van der Waals surface area (Å²) < 4.78 is 5.11. The van der Waals surface area contributed by atoms with E-state index in [0.717, 1.165) is 24.4 Å². The summed E-state index contributed by atoms with van der Waals surface area (Å²) in [5, 5.41) is 2.90. The Labute approximate surface area is 155 Å². The summed E-state index contributed by atoms with van der Waals surface area (Å²) in [5.41, 5.74) is 7.69. The Hall–Kier alpha value is -2.08. The normalized spacial score (nSPS) is 10.2. The van der Waals surface area contributed by atoms with Crippen molar-refractivity contribution in [1.82, 2.24) is 4.90 Å². The molecule has 0 unspecified atom stereocenters. The van der Waals surface area contributed by atoms with Gasteiger partial charge in [-0.1, -0.05) is 30.3 Å². The Balaban J connectivity index is 0.00000312. The van der Waals surface area contributed by atoms with Gasteiger partial charge in [0.05, 0.1) is 13.7 Å². The maximum absolute atomic E-state index is 12.2. The van der Waals surface area contributed by atoms with E-state index in [1.807, 2.05) is 42.5 Å². The lowest BCUT2D eigenvalue weighted by molar-refractivity contribution is -0.117. The van der Waals surface area contributed by atoms with Gasteiger partial charge in [0.25, 0.3) is 0 Å². The number of hydrogen-bond acceptors (Lipinski definition) is 4. The van der Waals surface area contributed by atoms with E-state index in [-0.39, 0.29) is 18.3 Å². The summed E-state index contributed by atoms with van der Waals surface area (Å²) in [6.07, 6.45) is 0.899. The molecule has 25 heavy (non-hydrogen) atoms. The molecule has 3 N–H and O–H groups in total. The first-order chi connectivity index (χ1) is 11.7. The largest absolute Gasteiger partial charge is 0.497 e. The number of nitrogens with one attached hydrogen (secondary N) is 1. The molecule has 5 nitrogen and oxygen atoms in total. The minimum absolute atomic E-state index is 0. The summed E-state index contributed by atoms with van der Waals surface area (Å²) in [7, 11) is 1.62. The van der Waals surface area contributed by atoms with Crippen LogP contribution in [-0.4, -0.2) is 44.1 Å². The number of amides is 1. The van der Waals surface area contributed by atoms with E-state index in [1.165, 1.54) is 5.56 Å². The third-order valence-electron chi connectivity index (χ3n) is 3.75. The van der Waals surface area contributed by atoms with Crippen molar-refractivity contribution in [3.63, 3.8) is 0 Å². The Morgan fingerprint density at radius 2 is 1.76 bits per heavy atom. The molecule has 0 aliphatic carbocycles. The van der Waals surface area contributed by atoms with E-state index >= 15 is 0 Å². The maximum Gasteiger partial charge on any atom is 0.238 e. The van der Waals surface area contributed by atoms with Crippen molar-refractivity contribution < 1.29 is 9.53 Å². The second-order valence-electron chi connectivity index (χ2n) is 5.58. The number of carbonyl (C=O) groups excluding carboxylic acids is 1. The second kappa shape index (κ2) is 11.5. The molecule has 2 aromatic carbocycles. The van der Waals surface area contributed by atoms with Gasteiger partial charge < -0.3 is 15.8 Å². The predicted molar refractivity (Wildman–Crippen MR) is 105 cm³/mol. The van der Waals surface area contributed by atoms with Crippen molar-refractivity contribution in [2.24, 2.45) is 5.73 Å². The Kier molecular flexibility index (Phi) is 9.62. The van der Waals surface area contributed by atoms with Crippen LogP contribution >= 0.6 is 12.4 Å². The van der Waals surface area contributed by atoms with Crippen molar-refractivity contribution in [2.45, 2.75) is 6.42 Å².